The van der Waals surface area contributed by atoms with E-state index in [0.717, 1.165) is 34.2 Å². The molecule has 0 bridgehead atoms. The Balaban J connectivity index is 1.84. The molecule has 0 amide bonds. The molecule has 1 unspecified atom stereocenters. The molecule has 110 valence electrons. The first-order valence-corrected chi connectivity index (χ1v) is 8.02. The number of rotatable bonds is 5. The van der Waals surface area contributed by atoms with Crippen molar-refractivity contribution in [1.82, 2.24) is 5.43 Å². The topological polar surface area (TPSA) is 47.3 Å². The van der Waals surface area contributed by atoms with Crippen LogP contribution < -0.4 is 16.0 Å². The Kier molecular flexibility index (Phi) is 4.50. The van der Waals surface area contributed by atoms with Crippen LogP contribution in [0.2, 0.25) is 5.02 Å². The normalized spacial score (nSPS) is 15.8. The minimum atomic E-state index is -0.105. The molecule has 3 N–H and O–H groups in total. The largest absolute Gasteiger partial charge is 0.490 e. The Hall–Kier alpha value is -1.07. The fourth-order valence-electron chi connectivity index (χ4n) is 2.22. The molecule has 0 aromatic heterocycles. The van der Waals surface area contributed by atoms with Crippen LogP contribution in [0.4, 0.5) is 0 Å². The van der Waals surface area contributed by atoms with Crippen molar-refractivity contribution >= 4 is 27.5 Å². The summed E-state index contributed by atoms with van der Waals surface area (Å²) in [5.74, 6) is 6.65. The van der Waals surface area contributed by atoms with Crippen molar-refractivity contribution in [2.24, 2.45) is 5.84 Å². The summed E-state index contributed by atoms with van der Waals surface area (Å²) < 4.78 is 6.69. The molecule has 0 spiro atoms. The van der Waals surface area contributed by atoms with Gasteiger partial charge in [-0.05, 0) is 48.2 Å². The highest BCUT2D eigenvalue weighted by Crippen LogP contribution is 2.32. The van der Waals surface area contributed by atoms with Gasteiger partial charge in [0, 0.05) is 9.50 Å². The van der Waals surface area contributed by atoms with Crippen molar-refractivity contribution in [2.45, 2.75) is 25.0 Å². The van der Waals surface area contributed by atoms with E-state index in [1.54, 1.807) is 0 Å². The Morgan fingerprint density at radius 2 is 1.90 bits per heavy atom. The molecule has 1 saturated carbocycles. The molecule has 1 atom stereocenters. The standard InChI is InChI=1S/C16H16BrClN2O/c17-15-9-11(18)3-8-14(15)16(20-19)10-1-4-12(5-2-10)21-13-6-7-13/h1-5,8-9,13,16,20H,6-7,19H2. The second kappa shape index (κ2) is 6.36. The van der Waals surface area contributed by atoms with Crippen molar-refractivity contribution in [3.05, 3.63) is 63.1 Å². The Bertz CT molecular complexity index is 629. The Morgan fingerprint density at radius 3 is 2.48 bits per heavy atom. The Labute approximate surface area is 137 Å². The predicted octanol–water partition coefficient (Wildman–Crippen LogP) is 4.20. The summed E-state index contributed by atoms with van der Waals surface area (Å²) in [6, 6.07) is 13.6. The van der Waals surface area contributed by atoms with Gasteiger partial charge < -0.3 is 4.74 Å². The number of benzene rings is 2. The average Bonchev–Trinajstić information content (AvgIpc) is 3.27. The van der Waals surface area contributed by atoms with Gasteiger partial charge in [-0.3, -0.25) is 5.84 Å². The highest BCUT2D eigenvalue weighted by molar-refractivity contribution is 9.10. The predicted molar refractivity (Wildman–Crippen MR) is 88.4 cm³/mol. The van der Waals surface area contributed by atoms with Gasteiger partial charge in [-0.15, -0.1) is 0 Å². The maximum Gasteiger partial charge on any atom is 0.119 e. The van der Waals surface area contributed by atoms with E-state index >= 15 is 0 Å². The zero-order valence-electron chi connectivity index (χ0n) is 11.4. The molecule has 21 heavy (non-hydrogen) atoms. The molecule has 1 aliphatic rings. The van der Waals surface area contributed by atoms with E-state index in [-0.39, 0.29) is 6.04 Å². The summed E-state index contributed by atoms with van der Waals surface area (Å²) >= 11 is 9.52. The van der Waals surface area contributed by atoms with Crippen LogP contribution in [-0.2, 0) is 0 Å². The maximum absolute atomic E-state index is 5.99. The SMILES string of the molecule is NNC(c1ccc(OC2CC2)cc1)c1ccc(Cl)cc1Br. The van der Waals surface area contributed by atoms with E-state index in [9.17, 15) is 0 Å². The Morgan fingerprint density at radius 1 is 1.19 bits per heavy atom. The lowest BCUT2D eigenvalue weighted by Gasteiger charge is -2.19. The molecule has 0 radical (unpaired) electrons. The van der Waals surface area contributed by atoms with Gasteiger partial charge in [0.15, 0.2) is 0 Å². The first-order valence-electron chi connectivity index (χ1n) is 6.85. The number of nitrogens with one attached hydrogen (secondary N) is 1. The first-order chi connectivity index (χ1) is 10.2. The molecule has 3 rings (SSSR count). The fourth-order valence-corrected chi connectivity index (χ4v) is 3.13. The van der Waals surface area contributed by atoms with Gasteiger partial charge in [0.05, 0.1) is 12.1 Å². The highest BCUT2D eigenvalue weighted by atomic mass is 79.9. The molecular weight excluding hydrogens is 352 g/mol. The van der Waals surface area contributed by atoms with E-state index in [4.69, 9.17) is 22.2 Å². The van der Waals surface area contributed by atoms with E-state index in [1.165, 1.54) is 0 Å². The van der Waals surface area contributed by atoms with Crippen molar-refractivity contribution in [3.63, 3.8) is 0 Å². The lowest BCUT2D eigenvalue weighted by atomic mass is 9.99. The number of nitrogens with two attached hydrogens (primary N) is 1. The molecule has 1 fully saturated rings. The highest BCUT2D eigenvalue weighted by Gasteiger charge is 2.23. The van der Waals surface area contributed by atoms with Crippen molar-refractivity contribution in [1.29, 1.82) is 0 Å². The average molecular weight is 368 g/mol. The van der Waals surface area contributed by atoms with E-state index in [0.29, 0.717) is 11.1 Å². The maximum atomic E-state index is 5.99. The van der Waals surface area contributed by atoms with Crippen LogP contribution in [0.5, 0.6) is 5.75 Å². The number of ether oxygens (including phenoxy) is 1. The second-order valence-electron chi connectivity index (χ2n) is 5.15. The van der Waals surface area contributed by atoms with E-state index < -0.39 is 0 Å². The van der Waals surface area contributed by atoms with Gasteiger partial charge in [-0.2, -0.15) is 0 Å². The monoisotopic (exact) mass is 366 g/mol. The molecule has 3 nitrogen and oxygen atoms in total. The third kappa shape index (κ3) is 3.58. The molecule has 0 aliphatic heterocycles. The summed E-state index contributed by atoms with van der Waals surface area (Å²) in [7, 11) is 0. The summed E-state index contributed by atoms with van der Waals surface area (Å²) in [6.07, 6.45) is 2.73. The number of hydrazine groups is 1. The van der Waals surface area contributed by atoms with Crippen LogP contribution in [-0.4, -0.2) is 6.10 Å². The van der Waals surface area contributed by atoms with Gasteiger partial charge in [0.2, 0.25) is 0 Å². The second-order valence-corrected chi connectivity index (χ2v) is 6.44. The first kappa shape index (κ1) is 14.9. The number of halogens is 2. The fraction of sp³-hybridized carbons (Fsp3) is 0.250. The summed E-state index contributed by atoms with van der Waals surface area (Å²) in [6.45, 7) is 0. The smallest absolute Gasteiger partial charge is 0.119 e. The molecule has 5 heteroatoms. The van der Waals surface area contributed by atoms with Gasteiger partial charge in [0.1, 0.15) is 5.75 Å². The molecule has 2 aromatic rings. The molecular formula is C16H16BrClN2O. The minimum absolute atomic E-state index is 0.105. The third-order valence-corrected chi connectivity index (χ3v) is 4.40. The lowest BCUT2D eigenvalue weighted by Crippen LogP contribution is -2.29. The van der Waals surface area contributed by atoms with Gasteiger partial charge in [-0.1, -0.05) is 45.7 Å². The summed E-state index contributed by atoms with van der Waals surface area (Å²) in [4.78, 5) is 0. The lowest BCUT2D eigenvalue weighted by molar-refractivity contribution is 0.303. The van der Waals surface area contributed by atoms with E-state index in [2.05, 4.69) is 21.4 Å². The molecule has 2 aromatic carbocycles. The van der Waals surface area contributed by atoms with Crippen molar-refractivity contribution < 1.29 is 4.74 Å². The van der Waals surface area contributed by atoms with Crippen LogP contribution in [0.1, 0.15) is 30.0 Å². The molecule has 0 heterocycles. The summed E-state index contributed by atoms with van der Waals surface area (Å²) in [5.41, 5.74) is 4.97. The quantitative estimate of drug-likeness (QED) is 0.615. The van der Waals surface area contributed by atoms with Crippen molar-refractivity contribution in [2.75, 3.05) is 0 Å². The number of hydrogen-bond acceptors (Lipinski definition) is 3. The summed E-state index contributed by atoms with van der Waals surface area (Å²) in [5, 5.41) is 0.689. The zero-order chi connectivity index (χ0) is 14.8. The zero-order valence-corrected chi connectivity index (χ0v) is 13.7. The van der Waals surface area contributed by atoms with Crippen LogP contribution in [0.3, 0.4) is 0 Å². The minimum Gasteiger partial charge on any atom is -0.490 e. The van der Waals surface area contributed by atoms with Crippen LogP contribution in [0.15, 0.2) is 46.9 Å². The van der Waals surface area contributed by atoms with Crippen LogP contribution >= 0.6 is 27.5 Å². The van der Waals surface area contributed by atoms with Gasteiger partial charge in [0.25, 0.3) is 0 Å². The van der Waals surface area contributed by atoms with Crippen LogP contribution in [0, 0.1) is 0 Å². The van der Waals surface area contributed by atoms with Gasteiger partial charge in [-0.25, -0.2) is 5.43 Å². The van der Waals surface area contributed by atoms with Gasteiger partial charge >= 0.3 is 0 Å². The van der Waals surface area contributed by atoms with Crippen LogP contribution in [0.25, 0.3) is 0 Å². The van der Waals surface area contributed by atoms with Crippen molar-refractivity contribution in [3.8, 4) is 5.75 Å². The molecule has 0 saturated heterocycles. The number of hydrogen-bond donors (Lipinski definition) is 2. The van der Waals surface area contributed by atoms with E-state index in [1.807, 2.05) is 42.5 Å². The molecule has 1 aliphatic carbocycles. The third-order valence-electron chi connectivity index (χ3n) is 3.48.